The number of nitrogens with zero attached hydrogens (tertiary/aromatic N) is 3. The molecule has 0 bridgehead atoms. The molecule has 2 aromatic rings. The average Bonchev–Trinajstić information content (AvgIpc) is 2.36. The van der Waals surface area contributed by atoms with Gasteiger partial charge in [-0.2, -0.15) is 4.98 Å². The average molecular weight is 259 g/mol. The molecule has 0 fully saturated rings. The molecule has 0 saturated heterocycles. The summed E-state index contributed by atoms with van der Waals surface area (Å²) in [6, 6.07) is 7.82. The minimum Gasteiger partial charge on any atom is -0.368 e. The zero-order valence-electron chi connectivity index (χ0n) is 10.3. The third-order valence-electron chi connectivity index (χ3n) is 2.53. The van der Waals surface area contributed by atoms with Crippen molar-refractivity contribution in [3.05, 3.63) is 51.7 Å². The van der Waals surface area contributed by atoms with E-state index in [0.717, 1.165) is 17.3 Å². The third kappa shape index (κ3) is 3.15. The van der Waals surface area contributed by atoms with Crippen LogP contribution in [0.4, 0.5) is 17.5 Å². The monoisotopic (exact) mass is 259 g/mol. The summed E-state index contributed by atoms with van der Waals surface area (Å²) < 4.78 is 0. The lowest BCUT2D eigenvalue weighted by Gasteiger charge is -2.07. The standard InChI is InChI=1S/C12H13N5O2/c1-8-3-2-4-9(5-8)6-14-11-10(17(18)19)7-15-12(13)16-11/h2-5,7H,6H2,1H3,(H3,13,14,15,16). The quantitative estimate of drug-likeness (QED) is 0.641. The van der Waals surface area contributed by atoms with Crippen molar-refractivity contribution in [2.24, 2.45) is 0 Å². The van der Waals surface area contributed by atoms with Crippen LogP contribution in [0.25, 0.3) is 0 Å². The van der Waals surface area contributed by atoms with E-state index in [1.54, 1.807) is 0 Å². The summed E-state index contributed by atoms with van der Waals surface area (Å²) >= 11 is 0. The van der Waals surface area contributed by atoms with Crippen LogP contribution in [0.5, 0.6) is 0 Å². The fourth-order valence-electron chi connectivity index (χ4n) is 1.66. The number of benzene rings is 1. The van der Waals surface area contributed by atoms with Gasteiger partial charge in [-0.15, -0.1) is 0 Å². The molecule has 0 spiro atoms. The van der Waals surface area contributed by atoms with E-state index in [1.165, 1.54) is 0 Å². The first-order valence-electron chi connectivity index (χ1n) is 5.62. The fourth-order valence-corrected chi connectivity index (χ4v) is 1.66. The first kappa shape index (κ1) is 12.7. The van der Waals surface area contributed by atoms with Crippen molar-refractivity contribution >= 4 is 17.5 Å². The van der Waals surface area contributed by atoms with Gasteiger partial charge in [-0.05, 0) is 12.5 Å². The molecule has 0 radical (unpaired) electrons. The summed E-state index contributed by atoms with van der Waals surface area (Å²) in [5, 5.41) is 13.7. The smallest absolute Gasteiger partial charge is 0.329 e. The molecule has 2 rings (SSSR count). The number of hydrogen-bond acceptors (Lipinski definition) is 6. The van der Waals surface area contributed by atoms with Gasteiger partial charge in [0.15, 0.2) is 0 Å². The number of nitrogens with two attached hydrogens (primary N) is 1. The molecule has 3 N–H and O–H groups in total. The number of nitrogens with one attached hydrogen (secondary N) is 1. The van der Waals surface area contributed by atoms with Crippen LogP contribution in [0.15, 0.2) is 30.5 Å². The maximum atomic E-state index is 10.8. The lowest BCUT2D eigenvalue weighted by molar-refractivity contribution is -0.384. The van der Waals surface area contributed by atoms with Gasteiger partial charge in [0, 0.05) is 6.54 Å². The molecular weight excluding hydrogens is 246 g/mol. The zero-order chi connectivity index (χ0) is 13.8. The molecule has 0 amide bonds. The fraction of sp³-hybridized carbons (Fsp3) is 0.167. The van der Waals surface area contributed by atoms with Crippen molar-refractivity contribution in [3.63, 3.8) is 0 Å². The van der Waals surface area contributed by atoms with Crippen molar-refractivity contribution in [1.82, 2.24) is 9.97 Å². The van der Waals surface area contributed by atoms with Gasteiger partial charge in [0.1, 0.15) is 6.20 Å². The van der Waals surface area contributed by atoms with Crippen LogP contribution in [-0.4, -0.2) is 14.9 Å². The van der Waals surface area contributed by atoms with Gasteiger partial charge in [0.25, 0.3) is 0 Å². The molecule has 1 aromatic carbocycles. The molecule has 0 aliphatic carbocycles. The minimum absolute atomic E-state index is 0.00246. The zero-order valence-corrected chi connectivity index (χ0v) is 10.3. The first-order chi connectivity index (χ1) is 9.06. The summed E-state index contributed by atoms with van der Waals surface area (Å²) in [5.41, 5.74) is 7.37. The van der Waals surface area contributed by atoms with Crippen molar-refractivity contribution in [3.8, 4) is 0 Å². The van der Waals surface area contributed by atoms with Crippen molar-refractivity contribution in [2.75, 3.05) is 11.1 Å². The Morgan fingerprint density at radius 3 is 2.95 bits per heavy atom. The highest BCUT2D eigenvalue weighted by Gasteiger charge is 2.16. The van der Waals surface area contributed by atoms with Gasteiger partial charge in [0.2, 0.25) is 11.8 Å². The Bertz CT molecular complexity index is 615. The minimum atomic E-state index is -0.544. The van der Waals surface area contributed by atoms with Gasteiger partial charge in [-0.25, -0.2) is 4.98 Å². The Morgan fingerprint density at radius 1 is 1.47 bits per heavy atom. The summed E-state index contributed by atoms with van der Waals surface area (Å²) in [7, 11) is 0. The number of nitrogen functional groups attached to an aromatic ring is 1. The van der Waals surface area contributed by atoms with E-state index in [0.29, 0.717) is 6.54 Å². The predicted molar refractivity (Wildman–Crippen MR) is 71.6 cm³/mol. The van der Waals surface area contributed by atoms with Crippen molar-refractivity contribution in [2.45, 2.75) is 13.5 Å². The van der Waals surface area contributed by atoms with Crippen LogP contribution in [0.1, 0.15) is 11.1 Å². The van der Waals surface area contributed by atoms with Crippen LogP contribution >= 0.6 is 0 Å². The molecule has 7 heteroatoms. The second kappa shape index (κ2) is 5.30. The van der Waals surface area contributed by atoms with E-state index in [1.807, 2.05) is 31.2 Å². The second-order valence-corrected chi connectivity index (χ2v) is 4.06. The maximum absolute atomic E-state index is 10.8. The summed E-state index contributed by atoms with van der Waals surface area (Å²) in [6.45, 7) is 2.41. The van der Waals surface area contributed by atoms with Crippen LogP contribution in [-0.2, 0) is 6.54 Å². The molecule has 0 saturated carbocycles. The van der Waals surface area contributed by atoms with Gasteiger partial charge >= 0.3 is 5.69 Å². The highest BCUT2D eigenvalue weighted by atomic mass is 16.6. The van der Waals surface area contributed by atoms with Gasteiger partial charge < -0.3 is 11.1 Å². The largest absolute Gasteiger partial charge is 0.368 e. The lowest BCUT2D eigenvalue weighted by atomic mass is 10.1. The number of hydrogen-bond donors (Lipinski definition) is 2. The van der Waals surface area contributed by atoms with Crippen LogP contribution in [0, 0.1) is 17.0 Å². The number of rotatable bonds is 4. The van der Waals surface area contributed by atoms with Crippen LogP contribution < -0.4 is 11.1 Å². The summed E-state index contributed by atoms with van der Waals surface area (Å²) in [6.07, 6.45) is 1.10. The molecule has 7 nitrogen and oxygen atoms in total. The third-order valence-corrected chi connectivity index (χ3v) is 2.53. The number of nitro groups is 1. The highest BCUT2D eigenvalue weighted by molar-refractivity contribution is 5.56. The van der Waals surface area contributed by atoms with E-state index < -0.39 is 4.92 Å². The van der Waals surface area contributed by atoms with E-state index in [-0.39, 0.29) is 17.5 Å². The van der Waals surface area contributed by atoms with Gasteiger partial charge in [-0.1, -0.05) is 29.8 Å². The lowest BCUT2D eigenvalue weighted by Crippen LogP contribution is -2.07. The second-order valence-electron chi connectivity index (χ2n) is 4.06. The number of anilines is 2. The van der Waals surface area contributed by atoms with E-state index in [2.05, 4.69) is 15.3 Å². The summed E-state index contributed by atoms with van der Waals surface area (Å²) in [4.78, 5) is 17.8. The van der Waals surface area contributed by atoms with E-state index >= 15 is 0 Å². The molecule has 1 aromatic heterocycles. The normalized spacial score (nSPS) is 10.2. The number of aryl methyl sites for hydroxylation is 1. The molecule has 0 aliphatic rings. The van der Waals surface area contributed by atoms with E-state index in [9.17, 15) is 10.1 Å². The Labute approximate surface area is 109 Å². The molecule has 0 unspecified atom stereocenters. The Kier molecular flexibility index (Phi) is 3.56. The Morgan fingerprint density at radius 2 is 2.26 bits per heavy atom. The number of aromatic nitrogens is 2. The maximum Gasteiger partial charge on any atom is 0.329 e. The molecular formula is C12H13N5O2. The molecule has 0 aliphatic heterocycles. The predicted octanol–water partition coefficient (Wildman–Crippen LogP) is 1.89. The first-order valence-corrected chi connectivity index (χ1v) is 5.62. The Balaban J connectivity index is 2.19. The summed E-state index contributed by atoms with van der Waals surface area (Å²) in [5.74, 6) is 0.122. The van der Waals surface area contributed by atoms with Crippen LogP contribution in [0.2, 0.25) is 0 Å². The van der Waals surface area contributed by atoms with E-state index in [4.69, 9.17) is 5.73 Å². The van der Waals surface area contributed by atoms with Gasteiger partial charge in [-0.3, -0.25) is 10.1 Å². The van der Waals surface area contributed by atoms with Crippen LogP contribution in [0.3, 0.4) is 0 Å². The highest BCUT2D eigenvalue weighted by Crippen LogP contribution is 2.21. The Hall–Kier alpha value is -2.70. The topological polar surface area (TPSA) is 107 Å². The van der Waals surface area contributed by atoms with Crippen molar-refractivity contribution < 1.29 is 4.92 Å². The molecule has 98 valence electrons. The van der Waals surface area contributed by atoms with Crippen molar-refractivity contribution in [1.29, 1.82) is 0 Å². The SMILES string of the molecule is Cc1cccc(CNc2nc(N)ncc2[N+](=O)[O-])c1. The molecule has 1 heterocycles. The molecule has 0 atom stereocenters. The molecule has 19 heavy (non-hydrogen) atoms. The van der Waals surface area contributed by atoms with Gasteiger partial charge in [0.05, 0.1) is 4.92 Å².